The van der Waals surface area contributed by atoms with Gasteiger partial charge in [0.1, 0.15) is 0 Å². The van der Waals surface area contributed by atoms with Crippen LogP contribution in [0.4, 0.5) is 0 Å². The fourth-order valence-corrected chi connectivity index (χ4v) is 4.73. The van der Waals surface area contributed by atoms with Gasteiger partial charge in [-0.25, -0.2) is 8.42 Å². The highest BCUT2D eigenvalue weighted by Gasteiger charge is 2.25. The second kappa shape index (κ2) is 10.9. The Balaban J connectivity index is 2.90. The molecule has 0 fully saturated rings. The molecule has 0 unspecified atom stereocenters. The first kappa shape index (κ1) is 21.2. The van der Waals surface area contributed by atoms with Gasteiger partial charge in [0.2, 0.25) is 10.0 Å². The number of rotatable bonds is 12. The predicted octanol–water partition coefficient (Wildman–Crippen LogP) is 5.45. The van der Waals surface area contributed by atoms with E-state index in [2.05, 4.69) is 13.8 Å². The number of sulfonamides is 1. The van der Waals surface area contributed by atoms with Crippen molar-refractivity contribution >= 4 is 10.0 Å². The van der Waals surface area contributed by atoms with Crippen LogP contribution in [0.5, 0.6) is 0 Å². The zero-order valence-electron chi connectivity index (χ0n) is 16.0. The molecule has 1 aromatic carbocycles. The molecule has 4 heteroatoms. The normalized spacial score (nSPS) is 12.0. The van der Waals surface area contributed by atoms with E-state index in [1.165, 1.54) is 25.7 Å². The van der Waals surface area contributed by atoms with Gasteiger partial charge in [-0.2, -0.15) is 4.31 Å². The molecule has 3 nitrogen and oxygen atoms in total. The van der Waals surface area contributed by atoms with Crippen LogP contribution in [-0.4, -0.2) is 25.8 Å². The Morgan fingerprint density at radius 1 is 0.833 bits per heavy atom. The van der Waals surface area contributed by atoms with Gasteiger partial charge in [0.05, 0.1) is 4.90 Å². The van der Waals surface area contributed by atoms with Crippen molar-refractivity contribution in [3.05, 3.63) is 29.3 Å². The summed E-state index contributed by atoms with van der Waals surface area (Å²) in [6.45, 7) is 9.47. The van der Waals surface area contributed by atoms with Crippen molar-refractivity contribution in [1.29, 1.82) is 0 Å². The van der Waals surface area contributed by atoms with E-state index in [9.17, 15) is 8.42 Å². The molecule has 1 aromatic rings. The van der Waals surface area contributed by atoms with Crippen LogP contribution in [-0.2, 0) is 10.0 Å². The second-order valence-electron chi connectivity index (χ2n) is 6.79. The molecule has 138 valence electrons. The largest absolute Gasteiger partial charge is 0.243 e. The van der Waals surface area contributed by atoms with Crippen LogP contribution in [0, 0.1) is 13.8 Å². The van der Waals surface area contributed by atoms with E-state index in [-0.39, 0.29) is 0 Å². The van der Waals surface area contributed by atoms with Gasteiger partial charge in [0.15, 0.2) is 0 Å². The van der Waals surface area contributed by atoms with Gasteiger partial charge < -0.3 is 0 Å². The van der Waals surface area contributed by atoms with Crippen molar-refractivity contribution in [2.24, 2.45) is 0 Å². The average Bonchev–Trinajstić information content (AvgIpc) is 2.55. The molecule has 0 aliphatic heterocycles. The van der Waals surface area contributed by atoms with Crippen LogP contribution < -0.4 is 0 Å². The Kier molecular flexibility index (Phi) is 9.60. The summed E-state index contributed by atoms with van der Waals surface area (Å²) in [5.74, 6) is 0. The third-order valence-electron chi connectivity index (χ3n) is 4.48. The molecule has 0 saturated heterocycles. The van der Waals surface area contributed by atoms with E-state index in [4.69, 9.17) is 0 Å². The molecule has 0 aromatic heterocycles. The quantitative estimate of drug-likeness (QED) is 0.468. The van der Waals surface area contributed by atoms with Crippen LogP contribution in [0.2, 0.25) is 0 Å². The van der Waals surface area contributed by atoms with Crippen LogP contribution in [0.25, 0.3) is 0 Å². The van der Waals surface area contributed by atoms with Crippen LogP contribution in [0.15, 0.2) is 23.1 Å². The topological polar surface area (TPSA) is 37.4 Å². The molecule has 0 radical (unpaired) electrons. The van der Waals surface area contributed by atoms with Gasteiger partial charge in [-0.05, 0) is 43.9 Å². The summed E-state index contributed by atoms with van der Waals surface area (Å²) in [5.41, 5.74) is 1.84. The van der Waals surface area contributed by atoms with Crippen LogP contribution in [0.1, 0.15) is 76.3 Å². The summed E-state index contributed by atoms with van der Waals surface area (Å²) in [6.07, 6.45) is 8.78. The van der Waals surface area contributed by atoms with Crippen LogP contribution in [0.3, 0.4) is 0 Å². The van der Waals surface area contributed by atoms with Crippen molar-refractivity contribution in [1.82, 2.24) is 4.31 Å². The van der Waals surface area contributed by atoms with E-state index >= 15 is 0 Å². The lowest BCUT2D eigenvalue weighted by Crippen LogP contribution is -2.33. The van der Waals surface area contributed by atoms with Crippen molar-refractivity contribution in [3.63, 3.8) is 0 Å². The molecule has 0 atom stereocenters. The summed E-state index contributed by atoms with van der Waals surface area (Å²) < 4.78 is 28.0. The number of nitrogens with zero attached hydrogens (tertiary/aromatic N) is 1. The minimum Gasteiger partial charge on any atom is -0.207 e. The molecule has 0 spiro atoms. The molecular weight excluding hydrogens is 318 g/mol. The van der Waals surface area contributed by atoms with Gasteiger partial charge in [-0.3, -0.25) is 0 Å². The molecule has 0 N–H and O–H groups in total. The van der Waals surface area contributed by atoms with Crippen molar-refractivity contribution in [2.75, 3.05) is 13.1 Å². The summed E-state index contributed by atoms with van der Waals surface area (Å²) in [5, 5.41) is 0. The van der Waals surface area contributed by atoms with Gasteiger partial charge >= 0.3 is 0 Å². The highest BCUT2D eigenvalue weighted by molar-refractivity contribution is 7.89. The third-order valence-corrected chi connectivity index (χ3v) is 6.52. The Labute approximate surface area is 149 Å². The van der Waals surface area contributed by atoms with Crippen LogP contribution >= 0.6 is 0 Å². The summed E-state index contributed by atoms with van der Waals surface area (Å²) >= 11 is 0. The highest BCUT2D eigenvalue weighted by Crippen LogP contribution is 2.22. The van der Waals surface area contributed by atoms with Gasteiger partial charge in [-0.15, -0.1) is 0 Å². The Hall–Kier alpha value is -0.870. The molecule has 24 heavy (non-hydrogen) atoms. The summed E-state index contributed by atoms with van der Waals surface area (Å²) in [7, 11) is -3.40. The second-order valence-corrected chi connectivity index (χ2v) is 8.70. The molecule has 0 saturated carbocycles. The standard InChI is InChI=1S/C20H35NO2S/c1-5-7-9-11-15-21(16-12-10-8-6-2)24(22,23)20-17-18(3)13-14-19(20)4/h13-14,17H,5-12,15-16H2,1-4H3. The number of aryl methyl sites for hydroxylation is 2. The molecule has 1 rings (SSSR count). The predicted molar refractivity (Wildman–Crippen MR) is 103 cm³/mol. The molecule has 0 bridgehead atoms. The Bertz CT molecular complexity index is 569. The van der Waals surface area contributed by atoms with E-state index in [0.717, 1.165) is 36.8 Å². The zero-order chi connectivity index (χ0) is 18.0. The number of benzene rings is 1. The number of unbranched alkanes of at least 4 members (excludes halogenated alkanes) is 6. The third kappa shape index (κ3) is 6.56. The number of hydrogen-bond donors (Lipinski definition) is 0. The van der Waals surface area contributed by atoms with Crippen molar-refractivity contribution in [3.8, 4) is 0 Å². The summed E-state index contributed by atoms with van der Waals surface area (Å²) in [6, 6.07) is 5.70. The maximum atomic E-state index is 13.2. The Morgan fingerprint density at radius 3 is 1.88 bits per heavy atom. The van der Waals surface area contributed by atoms with E-state index in [1.54, 1.807) is 4.31 Å². The van der Waals surface area contributed by atoms with Crippen molar-refractivity contribution < 1.29 is 8.42 Å². The first-order valence-electron chi connectivity index (χ1n) is 9.50. The number of hydrogen-bond acceptors (Lipinski definition) is 2. The SMILES string of the molecule is CCCCCCN(CCCCCC)S(=O)(=O)c1cc(C)ccc1C. The van der Waals surface area contributed by atoms with E-state index in [1.807, 2.05) is 32.0 Å². The highest BCUT2D eigenvalue weighted by atomic mass is 32.2. The Morgan fingerprint density at radius 2 is 1.38 bits per heavy atom. The maximum absolute atomic E-state index is 13.2. The lowest BCUT2D eigenvalue weighted by atomic mass is 10.2. The minimum absolute atomic E-state index is 0.480. The minimum atomic E-state index is -3.40. The maximum Gasteiger partial charge on any atom is 0.243 e. The molecule has 0 aliphatic carbocycles. The summed E-state index contributed by atoms with van der Waals surface area (Å²) in [4.78, 5) is 0.480. The van der Waals surface area contributed by atoms with Gasteiger partial charge in [0.25, 0.3) is 0 Å². The smallest absolute Gasteiger partial charge is 0.207 e. The zero-order valence-corrected chi connectivity index (χ0v) is 16.8. The molecule has 0 amide bonds. The fraction of sp³-hybridized carbons (Fsp3) is 0.700. The average molecular weight is 354 g/mol. The van der Waals surface area contributed by atoms with Crippen molar-refractivity contribution in [2.45, 2.75) is 84.0 Å². The lowest BCUT2D eigenvalue weighted by Gasteiger charge is -2.23. The molecular formula is C20H35NO2S. The van der Waals surface area contributed by atoms with E-state index < -0.39 is 10.0 Å². The van der Waals surface area contributed by atoms with Gasteiger partial charge in [0, 0.05) is 13.1 Å². The van der Waals surface area contributed by atoms with Gasteiger partial charge in [-0.1, -0.05) is 64.5 Å². The van der Waals surface area contributed by atoms with E-state index in [0.29, 0.717) is 18.0 Å². The monoisotopic (exact) mass is 353 g/mol. The first-order valence-corrected chi connectivity index (χ1v) is 10.9. The first-order chi connectivity index (χ1) is 11.4. The molecule has 0 aliphatic rings. The fourth-order valence-electron chi connectivity index (χ4n) is 2.91. The lowest BCUT2D eigenvalue weighted by molar-refractivity contribution is 0.385. The molecule has 0 heterocycles.